The molecule has 0 aromatic heterocycles. The monoisotopic (exact) mass is 348 g/mol. The van der Waals surface area contributed by atoms with Gasteiger partial charge in [0.05, 0.1) is 0 Å². The summed E-state index contributed by atoms with van der Waals surface area (Å²) in [6.45, 7) is 0. The van der Waals surface area contributed by atoms with E-state index < -0.39 is 11.8 Å². The molecule has 0 spiro atoms. The fourth-order valence-electron chi connectivity index (χ4n) is 0.650. The molecule has 1 aromatic carbocycles. The first-order valence-electron chi connectivity index (χ1n) is 2.96. The Kier molecular flexibility index (Phi) is 7.34. The van der Waals surface area contributed by atoms with Crippen molar-refractivity contribution in [3.8, 4) is 0 Å². The zero-order valence-corrected chi connectivity index (χ0v) is 9.91. The van der Waals surface area contributed by atoms with Crippen LogP contribution in [0, 0.1) is 13.5 Å². The normalized spacial score (nSPS) is 7.69. The summed E-state index contributed by atoms with van der Waals surface area (Å²) < 4.78 is 0. The second-order valence-electron chi connectivity index (χ2n) is 1.91. The van der Waals surface area contributed by atoms with Gasteiger partial charge in [0.1, 0.15) is 0 Å². The molecule has 0 aliphatic rings. The molecule has 0 atom stereocenters. The summed E-state index contributed by atoms with van der Waals surface area (Å²) in [6, 6.07) is 8.68. The number of Topliss-reactive ketones (excluding diaryl/α,β-unsaturated/α-hetero) is 1. The second-order valence-corrected chi connectivity index (χ2v) is 1.91. The number of aliphatic carboxylic acids is 1. The van der Waals surface area contributed by atoms with Crippen molar-refractivity contribution in [3.05, 3.63) is 43.3 Å². The Morgan fingerprint density at radius 2 is 1.92 bits per heavy atom. The molecular weight excluding hydrogens is 340 g/mol. The van der Waals surface area contributed by atoms with Crippen LogP contribution in [0.5, 0.6) is 0 Å². The van der Waals surface area contributed by atoms with Crippen LogP contribution in [0.1, 0.15) is 10.4 Å². The molecule has 1 N–H and O–H groups in total. The Labute approximate surface area is 91.0 Å². The van der Waals surface area contributed by atoms with Gasteiger partial charge in [-0.15, -0.1) is 30.3 Å². The van der Waals surface area contributed by atoms with Crippen LogP contribution in [-0.2, 0) is 25.9 Å². The van der Waals surface area contributed by atoms with Crippen molar-refractivity contribution >= 4 is 11.8 Å². The van der Waals surface area contributed by atoms with E-state index in [1.165, 1.54) is 12.1 Å². The Bertz CT molecular complexity index is 282. The van der Waals surface area contributed by atoms with E-state index in [1.54, 1.807) is 12.1 Å². The van der Waals surface area contributed by atoms with Gasteiger partial charge in [-0.1, -0.05) is 5.56 Å². The molecule has 0 heterocycles. The number of carbonyl (C=O) groups excluding carboxylic acids is 1. The number of ketones is 1. The molecule has 0 saturated carbocycles. The van der Waals surface area contributed by atoms with Gasteiger partial charge in [0.2, 0.25) is 0 Å². The number of carboxylic acid groups (broad SMARTS) is 1. The van der Waals surface area contributed by atoms with Crippen LogP contribution < -0.4 is 0 Å². The third-order valence-electron chi connectivity index (χ3n) is 1.15. The molecule has 0 saturated heterocycles. The first-order valence-corrected chi connectivity index (χ1v) is 2.96. The SMILES string of the molecule is O=C(O)C(=O)c1[c-]cccc1.[CH3-].[W+2]. The molecule has 0 radical (unpaired) electrons. The van der Waals surface area contributed by atoms with Crippen molar-refractivity contribution in [1.29, 1.82) is 0 Å². The molecule has 4 heteroatoms. The second kappa shape index (κ2) is 6.55. The van der Waals surface area contributed by atoms with Gasteiger partial charge >= 0.3 is 27.0 Å². The predicted octanol–water partition coefficient (Wildman–Crippen LogP) is 1.20. The van der Waals surface area contributed by atoms with Crippen molar-refractivity contribution in [1.82, 2.24) is 0 Å². The minimum Gasteiger partial charge on any atom is -0.482 e. The molecule has 1 aromatic rings. The summed E-state index contributed by atoms with van der Waals surface area (Å²) in [4.78, 5) is 20.8. The fraction of sp³-hybridized carbons (Fsp3) is 0. The molecule has 1 rings (SSSR count). The Morgan fingerprint density at radius 3 is 2.31 bits per heavy atom. The minimum atomic E-state index is -1.45. The van der Waals surface area contributed by atoms with Crippen LogP contribution in [-0.4, -0.2) is 16.9 Å². The summed E-state index contributed by atoms with van der Waals surface area (Å²) >= 11 is 0. The van der Waals surface area contributed by atoms with Crippen molar-refractivity contribution in [2.75, 3.05) is 0 Å². The van der Waals surface area contributed by atoms with Gasteiger partial charge in [0.15, 0.2) is 5.78 Å². The smallest absolute Gasteiger partial charge is 0.482 e. The van der Waals surface area contributed by atoms with Crippen molar-refractivity contribution < 1.29 is 35.8 Å². The summed E-state index contributed by atoms with van der Waals surface area (Å²) in [7, 11) is 0. The van der Waals surface area contributed by atoms with Crippen LogP contribution in [0.4, 0.5) is 0 Å². The summed E-state index contributed by atoms with van der Waals surface area (Å²) in [5.74, 6) is -2.38. The van der Waals surface area contributed by atoms with Crippen molar-refractivity contribution in [2.45, 2.75) is 0 Å². The van der Waals surface area contributed by atoms with Gasteiger partial charge in [0.25, 0.3) is 0 Å². The maximum atomic E-state index is 10.7. The quantitative estimate of drug-likeness (QED) is 0.497. The maximum absolute atomic E-state index is 10.7. The molecule has 0 aliphatic heterocycles. The largest absolute Gasteiger partial charge is 2.00 e. The van der Waals surface area contributed by atoms with Crippen molar-refractivity contribution in [2.24, 2.45) is 0 Å². The third kappa shape index (κ3) is 3.99. The van der Waals surface area contributed by atoms with Crippen LogP contribution in [0.3, 0.4) is 0 Å². The molecule has 0 bridgehead atoms. The minimum absolute atomic E-state index is 0. The van der Waals surface area contributed by atoms with Gasteiger partial charge < -0.3 is 17.3 Å². The van der Waals surface area contributed by atoms with Crippen molar-refractivity contribution in [3.63, 3.8) is 0 Å². The van der Waals surface area contributed by atoms with Crippen LogP contribution >= 0.6 is 0 Å². The predicted molar refractivity (Wildman–Crippen MR) is 43.7 cm³/mol. The van der Waals surface area contributed by atoms with Gasteiger partial charge in [-0.2, -0.15) is 0 Å². The fourth-order valence-corrected chi connectivity index (χ4v) is 0.650. The van der Waals surface area contributed by atoms with E-state index in [0.717, 1.165) is 0 Å². The Balaban J connectivity index is 0. The first kappa shape index (κ1) is 14.6. The number of rotatable bonds is 2. The zero-order chi connectivity index (χ0) is 8.27. The molecule has 0 aliphatic carbocycles. The van der Waals surface area contributed by atoms with E-state index in [0.29, 0.717) is 0 Å². The zero-order valence-electron chi connectivity index (χ0n) is 6.98. The van der Waals surface area contributed by atoms with Gasteiger partial charge in [-0.3, -0.25) is 4.79 Å². The average Bonchev–Trinajstić information content (AvgIpc) is 2.05. The van der Waals surface area contributed by atoms with E-state index in [-0.39, 0.29) is 34.1 Å². The van der Waals surface area contributed by atoms with Crippen LogP contribution in [0.25, 0.3) is 0 Å². The van der Waals surface area contributed by atoms with Crippen LogP contribution in [0.2, 0.25) is 0 Å². The number of hydrogen-bond donors (Lipinski definition) is 1. The Hall–Kier alpha value is -0.952. The van der Waals surface area contributed by atoms with Gasteiger partial charge in [-0.05, 0) is 0 Å². The third-order valence-corrected chi connectivity index (χ3v) is 1.15. The van der Waals surface area contributed by atoms with E-state index >= 15 is 0 Å². The number of benzene rings is 1. The molecule has 0 fully saturated rings. The molecule has 0 amide bonds. The van der Waals surface area contributed by atoms with Crippen LogP contribution in [0.15, 0.2) is 24.3 Å². The topological polar surface area (TPSA) is 54.4 Å². The van der Waals surface area contributed by atoms with E-state index in [9.17, 15) is 9.59 Å². The maximum Gasteiger partial charge on any atom is 2.00 e. The molecular formula is C9H8O3W. The summed E-state index contributed by atoms with van der Waals surface area (Å²) in [5, 5.41) is 8.27. The summed E-state index contributed by atoms with van der Waals surface area (Å²) in [6.07, 6.45) is 0. The summed E-state index contributed by atoms with van der Waals surface area (Å²) in [5.41, 5.74) is 0.0833. The molecule has 3 nitrogen and oxygen atoms in total. The standard InChI is InChI=1S/C8H5O3.CH3.W/c9-7(8(10)11)6-4-2-1-3-5-6;;/h1-4H,(H,10,11);1H3;/q2*-1;+2. The first-order chi connectivity index (χ1) is 5.22. The number of carboxylic acids is 1. The molecule has 0 unspecified atom stereocenters. The average molecular weight is 348 g/mol. The number of carbonyl (C=O) groups is 2. The molecule has 13 heavy (non-hydrogen) atoms. The van der Waals surface area contributed by atoms with E-state index in [2.05, 4.69) is 6.07 Å². The Morgan fingerprint density at radius 1 is 1.31 bits per heavy atom. The molecule has 68 valence electrons. The van der Waals surface area contributed by atoms with E-state index in [1.807, 2.05) is 0 Å². The van der Waals surface area contributed by atoms with Gasteiger partial charge in [0, 0.05) is 0 Å². The van der Waals surface area contributed by atoms with Gasteiger partial charge in [-0.25, -0.2) is 0 Å². The number of hydrogen-bond acceptors (Lipinski definition) is 2. The van der Waals surface area contributed by atoms with E-state index in [4.69, 9.17) is 5.11 Å².